The fourth-order valence-corrected chi connectivity index (χ4v) is 2.43. The molecule has 3 heterocycles. The molecule has 3 rings (SSSR count). The summed E-state index contributed by atoms with van der Waals surface area (Å²) in [4.78, 5) is 8.38. The van der Waals surface area contributed by atoms with Crippen LogP contribution in [0.5, 0.6) is 0 Å². The summed E-state index contributed by atoms with van der Waals surface area (Å²) in [6.45, 7) is 5.35. The van der Waals surface area contributed by atoms with Crippen LogP contribution in [0.1, 0.15) is 13.8 Å². The van der Waals surface area contributed by atoms with Gasteiger partial charge in [-0.05, 0) is 19.9 Å². The summed E-state index contributed by atoms with van der Waals surface area (Å²) in [5.74, 6) is 0.377. The van der Waals surface area contributed by atoms with Crippen molar-refractivity contribution in [2.45, 2.75) is 26.7 Å². The van der Waals surface area contributed by atoms with Crippen molar-refractivity contribution < 1.29 is 13.9 Å². The predicted octanol–water partition coefficient (Wildman–Crippen LogP) is 2.07. The number of aromatic nitrogens is 4. The molecular formula is C15H19N5O3. The third-order valence-corrected chi connectivity index (χ3v) is 3.38. The van der Waals surface area contributed by atoms with Crippen LogP contribution in [0.15, 0.2) is 29.3 Å². The van der Waals surface area contributed by atoms with E-state index in [1.807, 2.05) is 19.9 Å². The van der Waals surface area contributed by atoms with E-state index in [0.29, 0.717) is 42.3 Å². The van der Waals surface area contributed by atoms with Gasteiger partial charge in [0.25, 0.3) is 0 Å². The van der Waals surface area contributed by atoms with Gasteiger partial charge in [0, 0.05) is 18.8 Å². The number of anilines is 1. The first kappa shape index (κ1) is 15.4. The maximum atomic E-state index is 6.03. The minimum Gasteiger partial charge on any atom is -0.472 e. The van der Waals surface area contributed by atoms with Crippen LogP contribution in [-0.4, -0.2) is 39.3 Å². The van der Waals surface area contributed by atoms with Crippen molar-refractivity contribution >= 4 is 16.9 Å². The maximum absolute atomic E-state index is 6.03. The van der Waals surface area contributed by atoms with Crippen LogP contribution in [0.4, 0.5) is 5.82 Å². The molecule has 0 unspecified atom stereocenters. The van der Waals surface area contributed by atoms with Gasteiger partial charge in [-0.1, -0.05) is 0 Å². The molecular weight excluding hydrogens is 298 g/mol. The first-order valence-electron chi connectivity index (χ1n) is 7.47. The lowest BCUT2D eigenvalue weighted by molar-refractivity contribution is -0.144. The molecule has 0 saturated heterocycles. The molecule has 0 radical (unpaired) electrons. The van der Waals surface area contributed by atoms with Crippen LogP contribution in [0.3, 0.4) is 0 Å². The maximum Gasteiger partial charge on any atom is 0.177 e. The molecule has 0 aliphatic heterocycles. The quantitative estimate of drug-likeness (QED) is 0.665. The molecule has 8 heteroatoms. The highest BCUT2D eigenvalue weighted by Gasteiger charge is 2.20. The zero-order chi connectivity index (χ0) is 16.2. The molecule has 0 amide bonds. The highest BCUT2D eigenvalue weighted by atomic mass is 16.7. The summed E-state index contributed by atoms with van der Waals surface area (Å²) in [5.41, 5.74) is 8.16. The van der Waals surface area contributed by atoms with Gasteiger partial charge in [-0.15, -0.1) is 0 Å². The van der Waals surface area contributed by atoms with E-state index >= 15 is 0 Å². The topological polar surface area (TPSA) is 101 Å². The lowest BCUT2D eigenvalue weighted by atomic mass is 10.2. The Morgan fingerprint density at radius 3 is 2.70 bits per heavy atom. The van der Waals surface area contributed by atoms with Crippen molar-refractivity contribution in [1.29, 1.82) is 0 Å². The average Bonchev–Trinajstić information content (AvgIpc) is 3.16. The Morgan fingerprint density at radius 2 is 2.04 bits per heavy atom. The minimum absolute atomic E-state index is 0.377. The van der Waals surface area contributed by atoms with Crippen LogP contribution >= 0.6 is 0 Å². The Kier molecular flexibility index (Phi) is 4.54. The van der Waals surface area contributed by atoms with Gasteiger partial charge in [0.2, 0.25) is 0 Å². The molecule has 0 aliphatic carbocycles. The molecule has 2 N–H and O–H groups in total. The molecule has 0 aromatic carbocycles. The zero-order valence-electron chi connectivity index (χ0n) is 13.1. The Labute approximate surface area is 133 Å². The third kappa shape index (κ3) is 3.03. The smallest absolute Gasteiger partial charge is 0.177 e. The first-order chi connectivity index (χ1) is 11.2. The number of nitrogen functional groups attached to an aromatic ring is 1. The zero-order valence-corrected chi connectivity index (χ0v) is 13.1. The minimum atomic E-state index is -0.401. The van der Waals surface area contributed by atoms with Crippen LogP contribution in [0, 0.1) is 0 Å². The number of fused-ring (bicyclic) bond motifs is 1. The van der Waals surface area contributed by atoms with E-state index in [1.165, 1.54) is 6.33 Å². The van der Waals surface area contributed by atoms with Gasteiger partial charge in [-0.2, -0.15) is 5.10 Å². The van der Waals surface area contributed by atoms with E-state index in [-0.39, 0.29) is 0 Å². The summed E-state index contributed by atoms with van der Waals surface area (Å²) in [6.07, 6.45) is 4.22. The molecule has 0 atom stereocenters. The lowest BCUT2D eigenvalue weighted by Crippen LogP contribution is -2.24. The number of nitrogens with zero attached hydrogens (tertiary/aromatic N) is 4. The highest BCUT2D eigenvalue weighted by Crippen LogP contribution is 2.30. The van der Waals surface area contributed by atoms with Gasteiger partial charge < -0.3 is 19.6 Å². The van der Waals surface area contributed by atoms with Crippen LogP contribution < -0.4 is 5.73 Å². The molecule has 3 aromatic rings. The second-order valence-corrected chi connectivity index (χ2v) is 4.84. The number of furan rings is 1. The summed E-state index contributed by atoms with van der Waals surface area (Å²) in [5, 5.41) is 5.31. The van der Waals surface area contributed by atoms with Crippen molar-refractivity contribution in [3.63, 3.8) is 0 Å². The third-order valence-electron chi connectivity index (χ3n) is 3.38. The largest absolute Gasteiger partial charge is 0.472 e. The van der Waals surface area contributed by atoms with Gasteiger partial charge in [-0.3, -0.25) is 0 Å². The van der Waals surface area contributed by atoms with Crippen molar-refractivity contribution in [3.8, 4) is 11.3 Å². The average molecular weight is 317 g/mol. The van der Waals surface area contributed by atoms with Gasteiger partial charge in [0.15, 0.2) is 11.9 Å². The van der Waals surface area contributed by atoms with Crippen LogP contribution in [0.25, 0.3) is 22.3 Å². The summed E-state index contributed by atoms with van der Waals surface area (Å²) < 4.78 is 18.1. The molecule has 0 saturated carbocycles. The van der Waals surface area contributed by atoms with E-state index in [0.717, 1.165) is 5.56 Å². The highest BCUT2D eigenvalue weighted by molar-refractivity contribution is 5.97. The first-order valence-corrected chi connectivity index (χ1v) is 7.47. The van der Waals surface area contributed by atoms with Crippen molar-refractivity contribution in [3.05, 3.63) is 24.9 Å². The molecule has 0 aliphatic rings. The summed E-state index contributed by atoms with van der Waals surface area (Å²) in [7, 11) is 0. The molecule has 0 bridgehead atoms. The fourth-order valence-electron chi connectivity index (χ4n) is 2.43. The standard InChI is InChI=1S/C15H19N5O3/c1-3-22-11(23-4-2)7-20-15-12(14(16)17-9-18-15)13(19-20)10-5-6-21-8-10/h5-6,8-9,11H,3-4,7H2,1-2H3,(H2,16,17,18). The van der Waals surface area contributed by atoms with E-state index in [1.54, 1.807) is 17.2 Å². The second kappa shape index (κ2) is 6.76. The Morgan fingerprint density at radius 1 is 1.26 bits per heavy atom. The van der Waals surface area contributed by atoms with Crippen molar-refractivity contribution in [1.82, 2.24) is 19.7 Å². The number of nitrogens with two attached hydrogens (primary N) is 1. The van der Waals surface area contributed by atoms with E-state index < -0.39 is 6.29 Å². The van der Waals surface area contributed by atoms with Crippen LogP contribution in [0.2, 0.25) is 0 Å². The molecule has 23 heavy (non-hydrogen) atoms. The molecule has 0 spiro atoms. The number of rotatable bonds is 7. The van der Waals surface area contributed by atoms with Crippen LogP contribution in [-0.2, 0) is 16.0 Å². The number of hydrogen-bond donors (Lipinski definition) is 1. The molecule has 0 fully saturated rings. The van der Waals surface area contributed by atoms with E-state index in [2.05, 4.69) is 15.1 Å². The van der Waals surface area contributed by atoms with Gasteiger partial charge >= 0.3 is 0 Å². The second-order valence-electron chi connectivity index (χ2n) is 4.84. The fraction of sp³-hybridized carbons (Fsp3) is 0.400. The normalized spacial score (nSPS) is 11.6. The number of hydrogen-bond acceptors (Lipinski definition) is 7. The summed E-state index contributed by atoms with van der Waals surface area (Å²) >= 11 is 0. The molecule has 3 aromatic heterocycles. The Hall–Kier alpha value is -2.45. The van der Waals surface area contributed by atoms with E-state index in [4.69, 9.17) is 19.6 Å². The molecule has 122 valence electrons. The SMILES string of the molecule is CCOC(Cn1nc(-c2ccoc2)c2c(N)ncnc21)OCC. The van der Waals surface area contributed by atoms with Gasteiger partial charge in [0.1, 0.15) is 17.8 Å². The monoisotopic (exact) mass is 317 g/mol. The Bertz CT molecular complexity index is 763. The molecule has 8 nitrogen and oxygen atoms in total. The lowest BCUT2D eigenvalue weighted by Gasteiger charge is -2.16. The predicted molar refractivity (Wildman–Crippen MR) is 84.5 cm³/mol. The van der Waals surface area contributed by atoms with Gasteiger partial charge in [0.05, 0.1) is 24.5 Å². The summed E-state index contributed by atoms with van der Waals surface area (Å²) in [6, 6.07) is 1.82. The van der Waals surface area contributed by atoms with E-state index in [9.17, 15) is 0 Å². The number of ether oxygens (including phenoxy) is 2. The van der Waals surface area contributed by atoms with Gasteiger partial charge in [-0.25, -0.2) is 14.6 Å². The Balaban J connectivity index is 2.05. The van der Waals surface area contributed by atoms with Crippen molar-refractivity contribution in [2.24, 2.45) is 0 Å². The van der Waals surface area contributed by atoms with Crippen molar-refractivity contribution in [2.75, 3.05) is 18.9 Å².